The third-order valence-electron chi connectivity index (χ3n) is 2.64. The minimum absolute atomic E-state index is 0.271. The van der Waals surface area contributed by atoms with Crippen LogP contribution in [0.25, 0.3) is 22.5 Å². The number of benzene rings is 1. The van der Waals surface area contributed by atoms with Gasteiger partial charge in [0, 0.05) is 23.5 Å². The standard InChI is InChI=1S/C13H9FN4/c14-11-3-1-9(2-4-11)12-13(17-18-16-12)10-5-7-15-8-6-10/h1-8H,(H,16,17,18). The monoisotopic (exact) mass is 240 g/mol. The molecule has 3 rings (SSSR count). The Labute approximate surface area is 103 Å². The predicted octanol–water partition coefficient (Wildman–Crippen LogP) is 2.67. The van der Waals surface area contributed by atoms with Crippen LogP contribution in [-0.4, -0.2) is 20.4 Å². The summed E-state index contributed by atoms with van der Waals surface area (Å²) in [6.45, 7) is 0. The van der Waals surface area contributed by atoms with Crippen molar-refractivity contribution in [2.75, 3.05) is 0 Å². The minimum Gasteiger partial charge on any atom is -0.265 e. The third-order valence-corrected chi connectivity index (χ3v) is 2.64. The van der Waals surface area contributed by atoms with Crippen molar-refractivity contribution in [1.29, 1.82) is 0 Å². The molecule has 88 valence electrons. The highest BCUT2D eigenvalue weighted by Gasteiger charge is 2.11. The molecule has 0 radical (unpaired) electrons. The largest absolute Gasteiger partial charge is 0.265 e. The van der Waals surface area contributed by atoms with Crippen molar-refractivity contribution in [1.82, 2.24) is 20.4 Å². The normalized spacial score (nSPS) is 10.5. The number of nitrogens with one attached hydrogen (secondary N) is 1. The third kappa shape index (κ3) is 1.86. The topological polar surface area (TPSA) is 54.5 Å². The summed E-state index contributed by atoms with van der Waals surface area (Å²) < 4.78 is 12.9. The van der Waals surface area contributed by atoms with Crippen LogP contribution in [0.15, 0.2) is 48.8 Å². The molecule has 1 N–H and O–H groups in total. The molecule has 2 heterocycles. The Balaban J connectivity index is 2.10. The van der Waals surface area contributed by atoms with Crippen molar-refractivity contribution in [2.24, 2.45) is 0 Å². The molecule has 0 atom stereocenters. The molecule has 18 heavy (non-hydrogen) atoms. The summed E-state index contributed by atoms with van der Waals surface area (Å²) in [5.74, 6) is -0.271. The van der Waals surface area contributed by atoms with E-state index >= 15 is 0 Å². The number of pyridine rings is 1. The second-order valence-electron chi connectivity index (χ2n) is 3.78. The summed E-state index contributed by atoms with van der Waals surface area (Å²) in [5.41, 5.74) is 3.25. The van der Waals surface area contributed by atoms with Crippen LogP contribution >= 0.6 is 0 Å². The molecule has 0 fully saturated rings. The van der Waals surface area contributed by atoms with E-state index in [2.05, 4.69) is 20.4 Å². The first-order valence-electron chi connectivity index (χ1n) is 5.42. The second-order valence-corrected chi connectivity index (χ2v) is 3.78. The highest BCUT2D eigenvalue weighted by Crippen LogP contribution is 2.27. The van der Waals surface area contributed by atoms with Gasteiger partial charge in [-0.3, -0.25) is 10.1 Å². The molecule has 3 aromatic rings. The van der Waals surface area contributed by atoms with Crippen molar-refractivity contribution in [2.45, 2.75) is 0 Å². The molecule has 0 saturated heterocycles. The molecule has 0 bridgehead atoms. The molecule has 5 heteroatoms. The van der Waals surface area contributed by atoms with Gasteiger partial charge in [-0.2, -0.15) is 0 Å². The van der Waals surface area contributed by atoms with E-state index in [-0.39, 0.29) is 5.82 Å². The Morgan fingerprint density at radius 3 is 2.33 bits per heavy atom. The molecule has 4 nitrogen and oxygen atoms in total. The van der Waals surface area contributed by atoms with Crippen LogP contribution in [0.4, 0.5) is 4.39 Å². The lowest BCUT2D eigenvalue weighted by Crippen LogP contribution is -1.84. The first-order valence-corrected chi connectivity index (χ1v) is 5.42. The van der Waals surface area contributed by atoms with Gasteiger partial charge in [0.15, 0.2) is 0 Å². The molecule has 0 aliphatic rings. The van der Waals surface area contributed by atoms with Gasteiger partial charge in [-0.05, 0) is 36.4 Å². The van der Waals surface area contributed by atoms with Gasteiger partial charge in [-0.15, -0.1) is 5.10 Å². The van der Waals surface area contributed by atoms with Crippen molar-refractivity contribution in [3.05, 3.63) is 54.6 Å². The molecular formula is C13H9FN4. The van der Waals surface area contributed by atoms with Gasteiger partial charge in [0.05, 0.1) is 5.69 Å². The van der Waals surface area contributed by atoms with Gasteiger partial charge in [0.25, 0.3) is 0 Å². The molecule has 0 spiro atoms. The average Bonchev–Trinajstić information content (AvgIpc) is 2.90. The van der Waals surface area contributed by atoms with Gasteiger partial charge < -0.3 is 0 Å². The number of hydrogen-bond donors (Lipinski definition) is 1. The number of aromatic nitrogens is 4. The van der Waals surface area contributed by atoms with E-state index in [1.165, 1.54) is 12.1 Å². The number of H-pyrrole nitrogens is 1. The summed E-state index contributed by atoms with van der Waals surface area (Å²) in [5, 5.41) is 10.7. The first kappa shape index (κ1) is 10.6. The maximum atomic E-state index is 12.9. The lowest BCUT2D eigenvalue weighted by atomic mass is 10.1. The molecular weight excluding hydrogens is 231 g/mol. The summed E-state index contributed by atoms with van der Waals surface area (Å²) in [7, 11) is 0. The van der Waals surface area contributed by atoms with Crippen molar-refractivity contribution in [3.8, 4) is 22.5 Å². The van der Waals surface area contributed by atoms with Crippen molar-refractivity contribution >= 4 is 0 Å². The predicted molar refractivity (Wildman–Crippen MR) is 65.0 cm³/mol. The van der Waals surface area contributed by atoms with Crippen LogP contribution in [0, 0.1) is 5.82 Å². The fourth-order valence-electron chi connectivity index (χ4n) is 1.76. The maximum Gasteiger partial charge on any atom is 0.123 e. The van der Waals surface area contributed by atoms with Crippen LogP contribution in [0.3, 0.4) is 0 Å². The van der Waals surface area contributed by atoms with E-state index in [1.807, 2.05) is 12.1 Å². The van der Waals surface area contributed by atoms with Gasteiger partial charge in [0.2, 0.25) is 0 Å². The Kier molecular flexibility index (Phi) is 2.57. The van der Waals surface area contributed by atoms with Crippen molar-refractivity contribution in [3.63, 3.8) is 0 Å². The number of rotatable bonds is 2. The summed E-state index contributed by atoms with van der Waals surface area (Å²) in [6.07, 6.45) is 3.40. The number of aromatic amines is 1. The zero-order chi connectivity index (χ0) is 12.4. The summed E-state index contributed by atoms with van der Waals surface area (Å²) in [6, 6.07) is 9.89. The van der Waals surface area contributed by atoms with E-state index in [9.17, 15) is 4.39 Å². The number of hydrogen-bond acceptors (Lipinski definition) is 3. The van der Waals surface area contributed by atoms with Gasteiger partial charge >= 0.3 is 0 Å². The quantitative estimate of drug-likeness (QED) is 0.749. The first-order chi connectivity index (χ1) is 8.84. The summed E-state index contributed by atoms with van der Waals surface area (Å²) >= 11 is 0. The highest BCUT2D eigenvalue weighted by molar-refractivity contribution is 5.77. The Morgan fingerprint density at radius 2 is 1.61 bits per heavy atom. The van der Waals surface area contributed by atoms with Gasteiger partial charge in [0.1, 0.15) is 11.5 Å². The van der Waals surface area contributed by atoms with Crippen molar-refractivity contribution < 1.29 is 4.39 Å². The second kappa shape index (κ2) is 4.37. The fourth-order valence-corrected chi connectivity index (χ4v) is 1.76. The van der Waals surface area contributed by atoms with Crippen LogP contribution < -0.4 is 0 Å². The molecule has 1 aromatic carbocycles. The van der Waals surface area contributed by atoms with E-state index < -0.39 is 0 Å². The van der Waals surface area contributed by atoms with Gasteiger partial charge in [-0.1, -0.05) is 5.21 Å². The zero-order valence-electron chi connectivity index (χ0n) is 9.34. The molecule has 0 aliphatic heterocycles. The van der Waals surface area contributed by atoms with E-state index in [0.29, 0.717) is 5.69 Å². The molecule has 0 aliphatic carbocycles. The number of halogens is 1. The zero-order valence-corrected chi connectivity index (χ0v) is 9.34. The lowest BCUT2D eigenvalue weighted by Gasteiger charge is -2.01. The SMILES string of the molecule is Fc1ccc(-c2nn[nH]c2-c2ccncc2)cc1. The van der Waals surface area contributed by atoms with Crippen LogP contribution in [-0.2, 0) is 0 Å². The Hall–Kier alpha value is -2.56. The highest BCUT2D eigenvalue weighted by atomic mass is 19.1. The molecule has 0 amide bonds. The summed E-state index contributed by atoms with van der Waals surface area (Å²) in [4.78, 5) is 3.96. The Morgan fingerprint density at radius 1 is 0.889 bits per heavy atom. The smallest absolute Gasteiger partial charge is 0.123 e. The van der Waals surface area contributed by atoms with E-state index in [4.69, 9.17) is 0 Å². The average molecular weight is 240 g/mol. The minimum atomic E-state index is -0.271. The Bertz CT molecular complexity index is 646. The fraction of sp³-hybridized carbons (Fsp3) is 0. The molecule has 0 saturated carbocycles. The van der Waals surface area contributed by atoms with Crippen LogP contribution in [0.5, 0.6) is 0 Å². The van der Waals surface area contributed by atoms with Crippen LogP contribution in [0.1, 0.15) is 0 Å². The van der Waals surface area contributed by atoms with Crippen LogP contribution in [0.2, 0.25) is 0 Å². The van der Waals surface area contributed by atoms with E-state index in [1.54, 1.807) is 24.5 Å². The van der Waals surface area contributed by atoms with Gasteiger partial charge in [-0.25, -0.2) is 4.39 Å². The number of nitrogens with zero attached hydrogens (tertiary/aromatic N) is 3. The lowest BCUT2D eigenvalue weighted by molar-refractivity contribution is 0.628. The molecule has 0 unspecified atom stereocenters. The van der Waals surface area contributed by atoms with E-state index in [0.717, 1.165) is 16.8 Å². The maximum absolute atomic E-state index is 12.9. The molecule has 2 aromatic heterocycles.